The molecule has 2 aliphatic rings. The van der Waals surface area contributed by atoms with Gasteiger partial charge in [-0.1, -0.05) is 39.8 Å². The van der Waals surface area contributed by atoms with E-state index in [-0.39, 0.29) is 11.0 Å². The number of halogens is 1. The van der Waals surface area contributed by atoms with Gasteiger partial charge in [0.2, 0.25) is 0 Å². The molecule has 1 aromatic carbocycles. The number of nitrogens with zero attached hydrogens (tertiary/aromatic N) is 1. The molecule has 0 aliphatic heterocycles. The van der Waals surface area contributed by atoms with E-state index in [9.17, 15) is 4.79 Å². The Labute approximate surface area is 142 Å². The van der Waals surface area contributed by atoms with Crippen LogP contribution in [0, 0.1) is 0 Å². The molecule has 1 atom stereocenters. The number of nitrogens with one attached hydrogen (secondary N) is 1. The van der Waals surface area contributed by atoms with Gasteiger partial charge in [0.25, 0.3) is 5.56 Å². The first kappa shape index (κ1) is 14.5. The van der Waals surface area contributed by atoms with Crippen LogP contribution in [0.4, 0.5) is 0 Å². The van der Waals surface area contributed by atoms with Crippen LogP contribution in [0.1, 0.15) is 35.2 Å². The molecule has 0 saturated carbocycles. The highest BCUT2D eigenvalue weighted by Gasteiger charge is 2.42. The number of thioether (sulfide) groups is 1. The first-order valence-electron chi connectivity index (χ1n) is 7.57. The second-order valence-electron chi connectivity index (χ2n) is 6.22. The van der Waals surface area contributed by atoms with Crippen LogP contribution in [0.5, 0.6) is 0 Å². The van der Waals surface area contributed by atoms with Gasteiger partial charge in [-0.15, -0.1) is 0 Å². The molecule has 0 fully saturated rings. The van der Waals surface area contributed by atoms with Crippen molar-refractivity contribution in [1.82, 2.24) is 9.97 Å². The predicted octanol–water partition coefficient (Wildman–Crippen LogP) is 3.63. The van der Waals surface area contributed by atoms with Crippen molar-refractivity contribution in [1.29, 1.82) is 0 Å². The molecule has 2 aromatic rings. The summed E-state index contributed by atoms with van der Waals surface area (Å²) in [5.41, 5.74) is 5.03. The number of aromatic amines is 1. The maximum absolute atomic E-state index is 12.2. The molecule has 114 valence electrons. The number of rotatable bonds is 1. The molecule has 1 spiro atoms. The highest BCUT2D eigenvalue weighted by molar-refractivity contribution is 9.10. The van der Waals surface area contributed by atoms with Crippen LogP contribution in [0.3, 0.4) is 0 Å². The fourth-order valence-corrected chi connectivity index (χ4v) is 5.01. The standard InChI is InChI=1S/C17H17BrN2OS/c1-22-16-19-14-9-17(8-6-11(14)15(21)20-16)7-5-10-12(17)3-2-4-13(10)18/h2-4H,5-9H2,1H3,(H,19,20,21). The lowest BCUT2D eigenvalue weighted by Gasteiger charge is -2.35. The van der Waals surface area contributed by atoms with Crippen molar-refractivity contribution in [3.05, 3.63) is 55.4 Å². The lowest BCUT2D eigenvalue weighted by atomic mass is 9.70. The normalized spacial score (nSPS) is 22.6. The van der Waals surface area contributed by atoms with Gasteiger partial charge in [0, 0.05) is 15.5 Å². The average Bonchev–Trinajstić information content (AvgIpc) is 2.87. The van der Waals surface area contributed by atoms with E-state index in [1.54, 1.807) is 0 Å². The third-order valence-electron chi connectivity index (χ3n) is 5.18. The lowest BCUT2D eigenvalue weighted by Crippen LogP contribution is -2.35. The first-order chi connectivity index (χ1) is 10.6. The molecule has 1 unspecified atom stereocenters. The van der Waals surface area contributed by atoms with Crippen LogP contribution >= 0.6 is 27.7 Å². The van der Waals surface area contributed by atoms with E-state index in [1.165, 1.54) is 27.4 Å². The summed E-state index contributed by atoms with van der Waals surface area (Å²) in [6.07, 6.45) is 7.00. The first-order valence-corrected chi connectivity index (χ1v) is 9.59. The van der Waals surface area contributed by atoms with Crippen LogP contribution < -0.4 is 5.56 Å². The minimum atomic E-state index is 0.0525. The Kier molecular flexibility index (Phi) is 3.46. The molecule has 1 N–H and O–H groups in total. The van der Waals surface area contributed by atoms with E-state index in [2.05, 4.69) is 39.1 Å². The summed E-state index contributed by atoms with van der Waals surface area (Å²) in [5, 5.41) is 0.730. The van der Waals surface area contributed by atoms with Crippen LogP contribution in [0.2, 0.25) is 0 Å². The Morgan fingerprint density at radius 3 is 2.82 bits per heavy atom. The van der Waals surface area contributed by atoms with Gasteiger partial charge in [0.15, 0.2) is 5.16 Å². The summed E-state index contributed by atoms with van der Waals surface area (Å²) in [6, 6.07) is 6.52. The Balaban J connectivity index is 1.82. The van der Waals surface area contributed by atoms with Crippen molar-refractivity contribution in [3.63, 3.8) is 0 Å². The summed E-state index contributed by atoms with van der Waals surface area (Å²) >= 11 is 5.19. The van der Waals surface area contributed by atoms with Gasteiger partial charge in [-0.05, 0) is 55.6 Å². The number of H-pyrrole nitrogens is 1. The molecule has 0 bridgehead atoms. The van der Waals surface area contributed by atoms with Crippen molar-refractivity contribution in [2.45, 2.75) is 42.7 Å². The van der Waals surface area contributed by atoms with E-state index >= 15 is 0 Å². The van der Waals surface area contributed by atoms with E-state index in [0.29, 0.717) is 0 Å². The smallest absolute Gasteiger partial charge is 0.254 e. The Morgan fingerprint density at radius 1 is 1.27 bits per heavy atom. The molecule has 4 rings (SSSR count). The van der Waals surface area contributed by atoms with E-state index in [0.717, 1.165) is 48.5 Å². The zero-order chi connectivity index (χ0) is 15.3. The molecule has 0 amide bonds. The Morgan fingerprint density at radius 2 is 2.05 bits per heavy atom. The number of fused-ring (bicyclic) bond motifs is 3. The fourth-order valence-electron chi connectivity index (χ4n) is 4.05. The Bertz CT molecular complexity index is 817. The quantitative estimate of drug-likeness (QED) is 0.610. The SMILES string of the molecule is CSc1nc2c(c(=O)[nH]1)CCC1(CCc3c(Br)cccc31)C2. The van der Waals surface area contributed by atoms with Crippen molar-refractivity contribution in [2.24, 2.45) is 0 Å². The highest BCUT2D eigenvalue weighted by Crippen LogP contribution is 2.48. The summed E-state index contributed by atoms with van der Waals surface area (Å²) in [4.78, 5) is 19.8. The zero-order valence-corrected chi connectivity index (χ0v) is 14.8. The number of aromatic nitrogens is 2. The summed E-state index contributed by atoms with van der Waals surface area (Å²) < 4.78 is 1.22. The second-order valence-corrected chi connectivity index (χ2v) is 7.87. The van der Waals surface area contributed by atoms with Gasteiger partial charge in [-0.2, -0.15) is 0 Å². The topological polar surface area (TPSA) is 45.8 Å². The molecule has 5 heteroatoms. The minimum absolute atomic E-state index is 0.0525. The lowest BCUT2D eigenvalue weighted by molar-refractivity contribution is 0.360. The molecule has 0 radical (unpaired) electrons. The van der Waals surface area contributed by atoms with Crippen molar-refractivity contribution in [2.75, 3.05) is 6.26 Å². The monoisotopic (exact) mass is 376 g/mol. The van der Waals surface area contributed by atoms with Crippen molar-refractivity contribution < 1.29 is 0 Å². The predicted molar refractivity (Wildman–Crippen MR) is 92.8 cm³/mol. The van der Waals surface area contributed by atoms with Gasteiger partial charge in [0.1, 0.15) is 0 Å². The second kappa shape index (κ2) is 5.24. The number of hydrogen-bond acceptors (Lipinski definition) is 3. The molecule has 0 saturated heterocycles. The minimum Gasteiger partial charge on any atom is -0.301 e. The molecular weight excluding hydrogens is 360 g/mol. The number of hydrogen-bond donors (Lipinski definition) is 1. The summed E-state index contributed by atoms with van der Waals surface area (Å²) in [6.45, 7) is 0. The van der Waals surface area contributed by atoms with Crippen molar-refractivity contribution >= 4 is 27.7 Å². The van der Waals surface area contributed by atoms with Gasteiger partial charge in [-0.3, -0.25) is 4.79 Å². The average molecular weight is 377 g/mol. The van der Waals surface area contributed by atoms with E-state index in [4.69, 9.17) is 4.98 Å². The van der Waals surface area contributed by atoms with Gasteiger partial charge >= 0.3 is 0 Å². The maximum Gasteiger partial charge on any atom is 0.254 e. The van der Waals surface area contributed by atoms with Gasteiger partial charge in [-0.25, -0.2) is 4.98 Å². The van der Waals surface area contributed by atoms with Crippen LogP contribution in [-0.4, -0.2) is 16.2 Å². The third kappa shape index (κ3) is 2.09. The summed E-state index contributed by atoms with van der Waals surface area (Å²) in [7, 11) is 0. The third-order valence-corrected chi connectivity index (χ3v) is 6.50. The molecule has 1 heterocycles. The number of benzene rings is 1. The highest BCUT2D eigenvalue weighted by atomic mass is 79.9. The van der Waals surface area contributed by atoms with Gasteiger partial charge in [0.05, 0.1) is 5.69 Å². The maximum atomic E-state index is 12.2. The molecule has 2 aliphatic carbocycles. The molecule has 3 nitrogen and oxygen atoms in total. The van der Waals surface area contributed by atoms with Crippen LogP contribution in [0.25, 0.3) is 0 Å². The van der Waals surface area contributed by atoms with Gasteiger partial charge < -0.3 is 4.98 Å². The van der Waals surface area contributed by atoms with Crippen LogP contribution in [0.15, 0.2) is 32.6 Å². The van der Waals surface area contributed by atoms with Crippen LogP contribution in [-0.2, 0) is 24.7 Å². The van der Waals surface area contributed by atoms with E-state index < -0.39 is 0 Å². The van der Waals surface area contributed by atoms with E-state index in [1.807, 2.05) is 6.26 Å². The fraction of sp³-hybridized carbons (Fsp3) is 0.412. The molecule has 1 aromatic heterocycles. The van der Waals surface area contributed by atoms with Crippen molar-refractivity contribution in [3.8, 4) is 0 Å². The molecular formula is C17H17BrN2OS. The summed E-state index contributed by atoms with van der Waals surface area (Å²) in [5.74, 6) is 0. The zero-order valence-electron chi connectivity index (χ0n) is 12.4. The largest absolute Gasteiger partial charge is 0.301 e. The molecule has 22 heavy (non-hydrogen) atoms. The Hall–Kier alpha value is -1.07.